The Bertz CT molecular complexity index is 1200. The minimum absolute atomic E-state index is 0.0678. The first kappa shape index (κ1) is 15.8. The zero-order valence-electron chi connectivity index (χ0n) is 15.1. The van der Waals surface area contributed by atoms with Gasteiger partial charge in [0, 0.05) is 56.5 Å². The average Bonchev–Trinajstić information content (AvgIpc) is 3.29. The summed E-state index contributed by atoms with van der Waals surface area (Å²) in [6.07, 6.45) is 3.62. The predicted molar refractivity (Wildman–Crippen MR) is 108 cm³/mol. The molecule has 0 amide bonds. The zero-order chi connectivity index (χ0) is 18.7. The summed E-state index contributed by atoms with van der Waals surface area (Å²) in [4.78, 5) is 32.1. The Morgan fingerprint density at radius 3 is 1.59 bits per heavy atom. The number of hydrogen-bond acceptors (Lipinski definition) is 2. The summed E-state index contributed by atoms with van der Waals surface area (Å²) >= 11 is 0. The molecule has 0 bridgehead atoms. The molecule has 4 nitrogen and oxygen atoms in total. The van der Waals surface area contributed by atoms with Crippen LogP contribution in [0.15, 0.2) is 48.8 Å². The van der Waals surface area contributed by atoms with Crippen molar-refractivity contribution in [2.75, 3.05) is 0 Å². The minimum atomic E-state index is -0.112. The van der Waals surface area contributed by atoms with E-state index in [4.69, 9.17) is 0 Å². The van der Waals surface area contributed by atoms with Gasteiger partial charge in [-0.3, -0.25) is 9.59 Å². The average molecular weight is 354 g/mol. The van der Waals surface area contributed by atoms with E-state index >= 15 is 0 Å². The molecule has 4 aromatic rings. The fourth-order valence-corrected chi connectivity index (χ4v) is 4.05. The van der Waals surface area contributed by atoms with Crippen LogP contribution in [-0.4, -0.2) is 21.5 Å². The van der Waals surface area contributed by atoms with E-state index in [1.54, 1.807) is 0 Å². The van der Waals surface area contributed by atoms with Crippen LogP contribution in [0.5, 0.6) is 0 Å². The van der Waals surface area contributed by atoms with E-state index in [0.717, 1.165) is 44.1 Å². The maximum absolute atomic E-state index is 12.8. The number of carbonyl (C=O) groups excluding carboxylic acids is 2. The topological polar surface area (TPSA) is 65.7 Å². The number of fused-ring (bicyclic) bond motifs is 2. The molecular weight excluding hydrogens is 336 g/mol. The lowest BCUT2D eigenvalue weighted by Crippen LogP contribution is -1.96. The number of H-pyrrole nitrogens is 2. The van der Waals surface area contributed by atoms with Crippen LogP contribution < -0.4 is 0 Å². The van der Waals surface area contributed by atoms with Crippen LogP contribution in [0, 0.1) is 13.8 Å². The summed E-state index contributed by atoms with van der Waals surface area (Å²) in [6, 6.07) is 12.2. The van der Waals surface area contributed by atoms with E-state index in [0.29, 0.717) is 11.1 Å². The first-order chi connectivity index (χ1) is 13.0. The highest BCUT2D eigenvalue weighted by atomic mass is 16.2. The second-order valence-electron chi connectivity index (χ2n) is 7.28. The molecule has 2 aromatic heterocycles. The van der Waals surface area contributed by atoms with Crippen molar-refractivity contribution in [3.8, 4) is 0 Å². The lowest BCUT2D eigenvalue weighted by Gasteiger charge is -2.05. The number of nitrogens with one attached hydrogen (secondary N) is 2. The maximum Gasteiger partial charge on any atom is 0.172 e. The van der Waals surface area contributed by atoms with Crippen LogP contribution >= 0.6 is 0 Å². The summed E-state index contributed by atoms with van der Waals surface area (Å²) in [7, 11) is 0. The Morgan fingerprint density at radius 1 is 0.704 bits per heavy atom. The van der Waals surface area contributed by atoms with Gasteiger partial charge in [-0.1, -0.05) is 23.3 Å². The first-order valence-electron chi connectivity index (χ1n) is 9.00. The largest absolute Gasteiger partial charge is 0.361 e. The smallest absolute Gasteiger partial charge is 0.172 e. The summed E-state index contributed by atoms with van der Waals surface area (Å²) in [5, 5.41) is 1.95. The van der Waals surface area contributed by atoms with Gasteiger partial charge in [-0.2, -0.15) is 0 Å². The molecule has 0 saturated heterocycles. The van der Waals surface area contributed by atoms with Crippen molar-refractivity contribution in [2.45, 2.75) is 20.3 Å². The predicted octanol–water partition coefficient (Wildman–Crippen LogP) is 4.72. The summed E-state index contributed by atoms with van der Waals surface area (Å²) in [6.45, 7) is 4.05. The number of aromatic amines is 2. The Balaban J connectivity index is 1.84. The number of Topliss-reactive ketones (excluding diaryl/α,β-unsaturated/α-hetero) is 2. The van der Waals surface area contributed by atoms with Gasteiger partial charge in [0.05, 0.1) is 6.42 Å². The van der Waals surface area contributed by atoms with E-state index < -0.39 is 0 Å². The second kappa shape index (κ2) is 5.55. The van der Waals surface area contributed by atoms with Gasteiger partial charge in [0.1, 0.15) is 0 Å². The first-order valence-corrected chi connectivity index (χ1v) is 9.00. The molecule has 2 N–H and O–H groups in total. The molecule has 0 fully saturated rings. The molecular formula is C23H18N2O2. The molecule has 0 radical (unpaired) electrons. The molecule has 132 valence electrons. The molecule has 27 heavy (non-hydrogen) atoms. The second-order valence-corrected chi connectivity index (χ2v) is 7.28. The molecule has 0 saturated carbocycles. The highest BCUT2D eigenvalue weighted by Crippen LogP contribution is 2.40. The monoisotopic (exact) mass is 354 g/mol. The van der Waals surface area contributed by atoms with Crippen LogP contribution in [0.25, 0.3) is 33.0 Å². The number of aromatic nitrogens is 2. The Hall–Kier alpha value is -3.40. The molecule has 4 heteroatoms. The van der Waals surface area contributed by atoms with Gasteiger partial charge in [-0.15, -0.1) is 0 Å². The zero-order valence-corrected chi connectivity index (χ0v) is 15.1. The van der Waals surface area contributed by atoms with Crippen LogP contribution in [0.2, 0.25) is 0 Å². The van der Waals surface area contributed by atoms with E-state index in [9.17, 15) is 9.59 Å². The van der Waals surface area contributed by atoms with Gasteiger partial charge >= 0.3 is 0 Å². The lowest BCUT2D eigenvalue weighted by molar-refractivity contribution is -0.119. The van der Waals surface area contributed by atoms with E-state index in [1.165, 1.54) is 0 Å². The molecule has 0 spiro atoms. The maximum atomic E-state index is 12.8. The van der Waals surface area contributed by atoms with Gasteiger partial charge in [0.25, 0.3) is 0 Å². The van der Waals surface area contributed by atoms with Crippen molar-refractivity contribution < 1.29 is 9.59 Å². The van der Waals surface area contributed by atoms with Gasteiger partial charge < -0.3 is 9.97 Å². The third-order valence-corrected chi connectivity index (χ3v) is 5.34. The molecule has 2 aromatic carbocycles. The molecule has 0 atom stereocenters. The molecule has 0 unspecified atom stereocenters. The third-order valence-electron chi connectivity index (χ3n) is 5.34. The minimum Gasteiger partial charge on any atom is -0.361 e. The Kier molecular flexibility index (Phi) is 3.25. The van der Waals surface area contributed by atoms with Crippen molar-refractivity contribution >= 4 is 44.5 Å². The molecule has 2 heterocycles. The lowest BCUT2D eigenvalue weighted by atomic mass is 9.95. The summed E-state index contributed by atoms with van der Waals surface area (Å²) in [5.74, 6) is -0.223. The van der Waals surface area contributed by atoms with E-state index in [-0.39, 0.29) is 18.0 Å². The third kappa shape index (κ3) is 2.30. The fraction of sp³-hybridized carbons (Fsp3) is 0.130. The van der Waals surface area contributed by atoms with Crippen molar-refractivity contribution in [1.29, 1.82) is 0 Å². The van der Waals surface area contributed by atoms with Crippen molar-refractivity contribution in [3.63, 3.8) is 0 Å². The standard InChI is InChI=1S/C23H18N2O2/c1-12-3-5-18-14(7-12)16(10-24-18)22-20(26)9-21(27)23(22)17-11-25-19-6-4-13(2)8-15(17)19/h3-8,10-11,24-25H,9H2,1-2H3. The number of hydrogen-bond donors (Lipinski definition) is 2. The van der Waals surface area contributed by atoms with E-state index in [2.05, 4.69) is 22.1 Å². The van der Waals surface area contributed by atoms with Gasteiger partial charge in [-0.25, -0.2) is 0 Å². The molecule has 1 aliphatic carbocycles. The van der Waals surface area contributed by atoms with E-state index in [1.807, 2.05) is 50.5 Å². The van der Waals surface area contributed by atoms with Crippen LogP contribution in [0.3, 0.4) is 0 Å². The number of ketones is 2. The van der Waals surface area contributed by atoms with Gasteiger partial charge in [-0.05, 0) is 38.1 Å². The Morgan fingerprint density at radius 2 is 1.15 bits per heavy atom. The fourth-order valence-electron chi connectivity index (χ4n) is 4.05. The summed E-state index contributed by atoms with van der Waals surface area (Å²) < 4.78 is 0. The Labute approximate surface area is 155 Å². The van der Waals surface area contributed by atoms with Crippen LogP contribution in [-0.2, 0) is 9.59 Å². The number of aryl methyl sites for hydroxylation is 2. The van der Waals surface area contributed by atoms with Crippen molar-refractivity contribution in [1.82, 2.24) is 9.97 Å². The molecule has 5 rings (SSSR count). The van der Waals surface area contributed by atoms with Crippen LogP contribution in [0.4, 0.5) is 0 Å². The number of carbonyl (C=O) groups is 2. The number of allylic oxidation sites excluding steroid dienone is 2. The highest BCUT2D eigenvalue weighted by Gasteiger charge is 2.34. The molecule has 1 aliphatic rings. The number of rotatable bonds is 2. The van der Waals surface area contributed by atoms with Crippen molar-refractivity contribution in [2.24, 2.45) is 0 Å². The number of benzene rings is 2. The van der Waals surface area contributed by atoms with Crippen molar-refractivity contribution in [3.05, 3.63) is 71.0 Å². The highest BCUT2D eigenvalue weighted by molar-refractivity contribution is 6.52. The molecule has 0 aliphatic heterocycles. The van der Waals surface area contributed by atoms with Crippen LogP contribution in [0.1, 0.15) is 28.7 Å². The normalized spacial score (nSPS) is 14.9. The van der Waals surface area contributed by atoms with Gasteiger partial charge in [0.2, 0.25) is 0 Å². The van der Waals surface area contributed by atoms with Gasteiger partial charge in [0.15, 0.2) is 11.6 Å². The SMILES string of the molecule is Cc1ccc2[nH]cc(C3=C(c4c[nH]c5ccc(C)cc45)C(=O)CC3=O)c2c1. The quantitative estimate of drug-likeness (QED) is 0.512. The summed E-state index contributed by atoms with van der Waals surface area (Å²) in [5.41, 5.74) is 6.82.